The zero-order chi connectivity index (χ0) is 18.2. The van der Waals surface area contributed by atoms with Gasteiger partial charge in [0.2, 0.25) is 0 Å². The van der Waals surface area contributed by atoms with Crippen molar-refractivity contribution in [2.75, 3.05) is 11.6 Å². The van der Waals surface area contributed by atoms with Gasteiger partial charge in [-0.05, 0) is 24.3 Å². The average Bonchev–Trinajstić information content (AvgIpc) is 2.47. The van der Waals surface area contributed by atoms with Crippen LogP contribution < -0.4 is 5.32 Å². The fraction of sp³-hybridized carbons (Fsp3) is 0.0714. The number of rotatable bonds is 4. The molecule has 0 atom stereocenters. The van der Waals surface area contributed by atoms with Crippen LogP contribution in [0.3, 0.4) is 0 Å². The molecule has 0 aliphatic rings. The van der Waals surface area contributed by atoms with E-state index in [1.807, 2.05) is 0 Å². The van der Waals surface area contributed by atoms with Crippen molar-refractivity contribution in [1.29, 1.82) is 0 Å². The molecule has 0 aliphatic heterocycles. The minimum absolute atomic E-state index is 0.0866. The van der Waals surface area contributed by atoms with E-state index in [1.54, 1.807) is 0 Å². The summed E-state index contributed by atoms with van der Waals surface area (Å²) < 4.78 is 63.3. The zero-order valence-corrected chi connectivity index (χ0v) is 13.5. The second-order valence-electron chi connectivity index (χ2n) is 4.75. The maximum Gasteiger partial charge on any atom is 0.338 e. The smallest absolute Gasteiger partial charge is 0.338 e. The fourth-order valence-electron chi connectivity index (χ4n) is 1.85. The van der Waals surface area contributed by atoms with Crippen LogP contribution in [0.4, 0.5) is 24.5 Å². The summed E-state index contributed by atoms with van der Waals surface area (Å²) in [5.74, 6) is -6.95. The van der Waals surface area contributed by atoms with Gasteiger partial charge in [-0.2, -0.15) is 0 Å². The molecule has 24 heavy (non-hydrogen) atoms. The van der Waals surface area contributed by atoms with E-state index < -0.39 is 44.5 Å². The molecular formula is C14H9ClF3NO4S. The topological polar surface area (TPSA) is 83.5 Å². The van der Waals surface area contributed by atoms with Gasteiger partial charge >= 0.3 is 5.97 Å². The van der Waals surface area contributed by atoms with Crippen LogP contribution in [0, 0.1) is 17.5 Å². The third-order valence-electron chi connectivity index (χ3n) is 3.02. The molecule has 2 aromatic rings. The first-order chi connectivity index (χ1) is 11.0. The van der Waals surface area contributed by atoms with E-state index in [-0.39, 0.29) is 15.6 Å². The van der Waals surface area contributed by atoms with Gasteiger partial charge in [-0.15, -0.1) is 0 Å². The lowest BCUT2D eigenvalue weighted by molar-refractivity contribution is 0.0696. The van der Waals surface area contributed by atoms with Gasteiger partial charge in [0.05, 0.1) is 26.9 Å². The van der Waals surface area contributed by atoms with E-state index in [9.17, 15) is 26.4 Å². The molecule has 0 saturated carbocycles. The third kappa shape index (κ3) is 3.46. The van der Waals surface area contributed by atoms with E-state index in [0.717, 1.165) is 24.5 Å². The van der Waals surface area contributed by atoms with E-state index in [0.29, 0.717) is 6.07 Å². The van der Waals surface area contributed by atoms with E-state index in [2.05, 4.69) is 5.32 Å². The van der Waals surface area contributed by atoms with E-state index >= 15 is 0 Å². The summed E-state index contributed by atoms with van der Waals surface area (Å²) in [6, 6.07) is 3.66. The van der Waals surface area contributed by atoms with Crippen LogP contribution in [-0.2, 0) is 9.84 Å². The van der Waals surface area contributed by atoms with Crippen LogP contribution in [0.25, 0.3) is 0 Å². The largest absolute Gasteiger partial charge is 0.478 e. The quantitative estimate of drug-likeness (QED) is 0.793. The highest BCUT2D eigenvalue weighted by molar-refractivity contribution is 7.90. The molecule has 0 amide bonds. The second-order valence-corrected chi connectivity index (χ2v) is 7.18. The molecule has 0 spiro atoms. The molecule has 2 aromatic carbocycles. The molecule has 0 saturated heterocycles. The lowest BCUT2D eigenvalue weighted by Crippen LogP contribution is -2.09. The second kappa shape index (κ2) is 6.33. The molecule has 0 radical (unpaired) electrons. The van der Waals surface area contributed by atoms with Crippen LogP contribution >= 0.6 is 11.6 Å². The van der Waals surface area contributed by atoms with Gasteiger partial charge < -0.3 is 10.4 Å². The molecule has 0 aliphatic carbocycles. The Bertz CT molecular complexity index is 948. The maximum absolute atomic E-state index is 13.9. The van der Waals surface area contributed by atoms with Crippen molar-refractivity contribution in [3.05, 3.63) is 52.3 Å². The zero-order valence-electron chi connectivity index (χ0n) is 11.9. The number of aromatic carboxylic acids is 1. The van der Waals surface area contributed by atoms with Crippen LogP contribution in [0.5, 0.6) is 0 Å². The molecule has 0 aromatic heterocycles. The van der Waals surface area contributed by atoms with Crippen molar-refractivity contribution < 1.29 is 31.5 Å². The van der Waals surface area contributed by atoms with Gasteiger partial charge in [0.15, 0.2) is 27.3 Å². The summed E-state index contributed by atoms with van der Waals surface area (Å²) in [5.41, 5.74) is -1.78. The summed E-state index contributed by atoms with van der Waals surface area (Å²) in [6.07, 6.45) is 0.948. The average molecular weight is 380 g/mol. The molecule has 128 valence electrons. The minimum Gasteiger partial charge on any atom is -0.478 e. The highest BCUT2D eigenvalue weighted by Crippen LogP contribution is 2.32. The number of hydrogen-bond acceptors (Lipinski definition) is 4. The van der Waals surface area contributed by atoms with Gasteiger partial charge in [0.1, 0.15) is 0 Å². The molecule has 0 heterocycles. The summed E-state index contributed by atoms with van der Waals surface area (Å²) >= 11 is 5.88. The number of halogens is 4. The Hall–Kier alpha value is -2.26. The normalized spacial score (nSPS) is 11.4. The highest BCUT2D eigenvalue weighted by atomic mass is 35.5. The monoisotopic (exact) mass is 379 g/mol. The van der Waals surface area contributed by atoms with Crippen molar-refractivity contribution >= 4 is 38.8 Å². The van der Waals surface area contributed by atoms with Crippen LogP contribution in [0.2, 0.25) is 5.02 Å². The Morgan fingerprint density at radius 3 is 2.29 bits per heavy atom. The number of carboxylic acid groups (broad SMARTS) is 1. The molecular weight excluding hydrogens is 371 g/mol. The van der Waals surface area contributed by atoms with Crippen molar-refractivity contribution in [2.45, 2.75) is 4.90 Å². The Morgan fingerprint density at radius 1 is 1.17 bits per heavy atom. The fourth-order valence-corrected chi connectivity index (χ4v) is 2.79. The van der Waals surface area contributed by atoms with E-state index in [4.69, 9.17) is 16.7 Å². The molecule has 5 nitrogen and oxygen atoms in total. The van der Waals surface area contributed by atoms with Crippen molar-refractivity contribution in [2.24, 2.45) is 0 Å². The van der Waals surface area contributed by atoms with Crippen LogP contribution in [0.1, 0.15) is 10.4 Å². The molecule has 0 fully saturated rings. The number of benzene rings is 2. The third-order valence-corrected chi connectivity index (χ3v) is 4.44. The molecule has 0 unspecified atom stereocenters. The Labute approximate surface area is 139 Å². The minimum atomic E-state index is -3.55. The standard InChI is InChI=1S/C14H9ClF3NO4S/c1-24(22,23)6-2-3-10(8(15)4-6)19-13-7(14(20)21)5-9(16)11(17)12(13)18/h2-5,19H,1H3,(H,20,21). The Morgan fingerprint density at radius 2 is 1.79 bits per heavy atom. The lowest BCUT2D eigenvalue weighted by Gasteiger charge is -2.13. The number of hydrogen-bond donors (Lipinski definition) is 2. The highest BCUT2D eigenvalue weighted by Gasteiger charge is 2.23. The molecule has 2 N–H and O–H groups in total. The summed E-state index contributed by atoms with van der Waals surface area (Å²) in [6.45, 7) is 0. The Kier molecular flexibility index (Phi) is 4.77. The van der Waals surface area contributed by atoms with Crippen molar-refractivity contribution in [1.82, 2.24) is 0 Å². The van der Waals surface area contributed by atoms with Gasteiger partial charge in [-0.25, -0.2) is 26.4 Å². The van der Waals surface area contributed by atoms with Gasteiger partial charge in [0.25, 0.3) is 0 Å². The Balaban J connectivity index is 2.56. The lowest BCUT2D eigenvalue weighted by atomic mass is 10.1. The predicted octanol–water partition coefficient (Wildman–Crippen LogP) is 3.60. The number of anilines is 2. The van der Waals surface area contributed by atoms with Gasteiger partial charge in [0, 0.05) is 6.26 Å². The van der Waals surface area contributed by atoms with Crippen LogP contribution in [0.15, 0.2) is 29.2 Å². The van der Waals surface area contributed by atoms with Crippen molar-refractivity contribution in [3.8, 4) is 0 Å². The first-order valence-corrected chi connectivity index (χ1v) is 8.46. The van der Waals surface area contributed by atoms with Crippen molar-refractivity contribution in [3.63, 3.8) is 0 Å². The molecule has 0 bridgehead atoms. The van der Waals surface area contributed by atoms with Crippen LogP contribution in [-0.4, -0.2) is 25.7 Å². The first kappa shape index (κ1) is 18.1. The first-order valence-electron chi connectivity index (χ1n) is 6.19. The van der Waals surface area contributed by atoms with E-state index in [1.165, 1.54) is 0 Å². The number of sulfone groups is 1. The molecule has 10 heteroatoms. The number of carboxylic acids is 1. The number of nitrogens with one attached hydrogen (secondary N) is 1. The maximum atomic E-state index is 13.9. The summed E-state index contributed by atoms with van der Waals surface area (Å²) in [5, 5.41) is 11.1. The van der Waals surface area contributed by atoms with Gasteiger partial charge in [-0.1, -0.05) is 11.6 Å². The summed E-state index contributed by atoms with van der Waals surface area (Å²) in [4.78, 5) is 11.0. The van der Waals surface area contributed by atoms with Gasteiger partial charge in [-0.3, -0.25) is 0 Å². The predicted molar refractivity (Wildman–Crippen MR) is 81.1 cm³/mol. The SMILES string of the molecule is CS(=O)(=O)c1ccc(Nc2c(C(=O)O)cc(F)c(F)c2F)c(Cl)c1. The summed E-state index contributed by atoms with van der Waals surface area (Å²) in [7, 11) is -3.55. The molecule has 2 rings (SSSR count). The number of carbonyl (C=O) groups is 1.